The maximum Gasteiger partial charge on any atom is 0.0399 e. The summed E-state index contributed by atoms with van der Waals surface area (Å²) in [6.07, 6.45) is 6.85. The van der Waals surface area contributed by atoms with Gasteiger partial charge in [-0.05, 0) is 67.0 Å². The second-order valence-corrected chi connectivity index (χ2v) is 7.90. The molecule has 3 heterocycles. The van der Waals surface area contributed by atoms with E-state index in [1.807, 2.05) is 11.3 Å². The van der Waals surface area contributed by atoms with Crippen molar-refractivity contribution in [2.24, 2.45) is 0 Å². The van der Waals surface area contributed by atoms with Gasteiger partial charge in [-0.3, -0.25) is 0 Å². The van der Waals surface area contributed by atoms with Crippen LogP contribution in [0.25, 0.3) is 0 Å². The van der Waals surface area contributed by atoms with Crippen molar-refractivity contribution in [3.63, 3.8) is 0 Å². The number of hydrogen-bond acceptors (Lipinski definition) is 3. The lowest BCUT2D eigenvalue weighted by molar-refractivity contribution is 0.0463. The van der Waals surface area contributed by atoms with Gasteiger partial charge in [0.15, 0.2) is 0 Å². The first-order valence-corrected chi connectivity index (χ1v) is 9.03. The Labute approximate surface area is 128 Å². The monoisotopic (exact) mass is 342 g/mol. The zero-order valence-electron chi connectivity index (χ0n) is 11.7. The van der Waals surface area contributed by atoms with Gasteiger partial charge in [0.05, 0.1) is 0 Å². The fraction of sp³-hybridized carbons (Fsp3) is 0.733. The molecule has 2 saturated heterocycles. The average molecular weight is 343 g/mol. The van der Waals surface area contributed by atoms with E-state index in [9.17, 15) is 0 Å². The minimum Gasteiger partial charge on any atom is -0.307 e. The Balaban J connectivity index is 1.63. The van der Waals surface area contributed by atoms with Crippen LogP contribution in [0.2, 0.25) is 0 Å². The van der Waals surface area contributed by atoms with Crippen LogP contribution in [-0.4, -0.2) is 30.1 Å². The summed E-state index contributed by atoms with van der Waals surface area (Å²) in [4.78, 5) is 4.07. The molecule has 1 aromatic heterocycles. The molecule has 2 bridgehead atoms. The molecule has 2 aliphatic heterocycles. The van der Waals surface area contributed by atoms with E-state index >= 15 is 0 Å². The highest BCUT2D eigenvalue weighted by molar-refractivity contribution is 9.10. The Kier molecular flexibility index (Phi) is 4.32. The molecule has 0 saturated carbocycles. The summed E-state index contributed by atoms with van der Waals surface area (Å²) in [5.74, 6) is 0. The van der Waals surface area contributed by atoms with Gasteiger partial charge >= 0.3 is 0 Å². The summed E-state index contributed by atoms with van der Waals surface area (Å²) in [6, 6.07) is 4.92. The van der Waals surface area contributed by atoms with Crippen LogP contribution in [-0.2, 0) is 0 Å². The van der Waals surface area contributed by atoms with E-state index in [-0.39, 0.29) is 0 Å². The van der Waals surface area contributed by atoms with Crippen molar-refractivity contribution in [2.45, 2.75) is 63.2 Å². The van der Waals surface area contributed by atoms with Crippen LogP contribution in [0.1, 0.15) is 49.9 Å². The molecule has 2 aliphatic rings. The first-order chi connectivity index (χ1) is 9.15. The Morgan fingerprint density at radius 3 is 2.63 bits per heavy atom. The van der Waals surface area contributed by atoms with E-state index in [1.165, 1.54) is 41.5 Å². The molecule has 0 aromatic carbocycles. The van der Waals surface area contributed by atoms with Crippen molar-refractivity contribution < 1.29 is 0 Å². The largest absolute Gasteiger partial charge is 0.307 e. The molecule has 106 valence electrons. The van der Waals surface area contributed by atoms with E-state index in [2.05, 4.69) is 51.6 Å². The van der Waals surface area contributed by atoms with Crippen molar-refractivity contribution in [3.8, 4) is 0 Å². The second-order valence-electron chi connectivity index (χ2n) is 6.09. The topological polar surface area (TPSA) is 15.3 Å². The molecule has 1 aromatic rings. The summed E-state index contributed by atoms with van der Waals surface area (Å²) in [5.41, 5.74) is 0. The van der Waals surface area contributed by atoms with Crippen LogP contribution < -0.4 is 5.32 Å². The summed E-state index contributed by atoms with van der Waals surface area (Å²) in [6.45, 7) is 2.30. The van der Waals surface area contributed by atoms with Crippen LogP contribution in [0.15, 0.2) is 15.9 Å². The third-order valence-corrected chi connectivity index (χ3v) is 6.92. The van der Waals surface area contributed by atoms with Gasteiger partial charge in [0.2, 0.25) is 0 Å². The third kappa shape index (κ3) is 2.92. The molecule has 0 spiro atoms. The molecule has 2 nitrogen and oxygen atoms in total. The van der Waals surface area contributed by atoms with E-state index < -0.39 is 0 Å². The molecule has 1 N–H and O–H groups in total. The Bertz CT molecular complexity index is 420. The molecule has 4 heteroatoms. The number of piperidine rings is 2. The number of fused-ring (bicyclic) bond motifs is 2. The molecular formula is C15H23BrN2S. The second kappa shape index (κ2) is 5.84. The minimum atomic E-state index is 0.462. The quantitative estimate of drug-likeness (QED) is 0.886. The lowest BCUT2D eigenvalue weighted by Gasteiger charge is -2.47. The normalized spacial score (nSPS) is 33.3. The standard InChI is InChI=1S/C15H23BrN2S/c1-10(15-14(16)6-7-19-15)17-11-8-12-4-3-5-13(9-11)18(12)2/h6-7,10-13,17H,3-5,8-9H2,1-2H3. The van der Waals surface area contributed by atoms with Crippen molar-refractivity contribution in [2.75, 3.05) is 7.05 Å². The van der Waals surface area contributed by atoms with Gasteiger partial charge in [0.25, 0.3) is 0 Å². The first-order valence-electron chi connectivity index (χ1n) is 7.36. The Hall–Kier alpha value is 0.100. The maximum absolute atomic E-state index is 3.86. The molecule has 19 heavy (non-hydrogen) atoms. The average Bonchev–Trinajstić information content (AvgIpc) is 2.77. The maximum atomic E-state index is 3.86. The fourth-order valence-corrected chi connectivity index (χ4v) is 5.53. The highest BCUT2D eigenvalue weighted by Gasteiger charge is 2.36. The van der Waals surface area contributed by atoms with E-state index in [1.54, 1.807) is 0 Å². The van der Waals surface area contributed by atoms with Crippen LogP contribution in [0, 0.1) is 0 Å². The Morgan fingerprint density at radius 2 is 2.05 bits per heavy atom. The molecule has 0 radical (unpaired) electrons. The lowest BCUT2D eigenvalue weighted by atomic mass is 9.82. The van der Waals surface area contributed by atoms with Gasteiger partial charge in [0.1, 0.15) is 0 Å². The zero-order valence-corrected chi connectivity index (χ0v) is 14.1. The molecule has 3 unspecified atom stereocenters. The first kappa shape index (κ1) is 14.1. The summed E-state index contributed by atoms with van der Waals surface area (Å²) in [7, 11) is 2.32. The minimum absolute atomic E-state index is 0.462. The smallest absolute Gasteiger partial charge is 0.0399 e. The van der Waals surface area contributed by atoms with Gasteiger partial charge in [-0.1, -0.05) is 6.42 Å². The van der Waals surface area contributed by atoms with E-state index in [4.69, 9.17) is 0 Å². The van der Waals surface area contributed by atoms with Gasteiger partial charge in [0, 0.05) is 33.5 Å². The van der Waals surface area contributed by atoms with Gasteiger partial charge in [-0.25, -0.2) is 0 Å². The number of hydrogen-bond donors (Lipinski definition) is 1. The van der Waals surface area contributed by atoms with Crippen LogP contribution >= 0.6 is 27.3 Å². The van der Waals surface area contributed by atoms with Crippen LogP contribution in [0.4, 0.5) is 0 Å². The highest BCUT2D eigenvalue weighted by Crippen LogP contribution is 2.35. The van der Waals surface area contributed by atoms with Crippen molar-refractivity contribution in [3.05, 3.63) is 20.8 Å². The molecule has 3 atom stereocenters. The number of halogens is 1. The predicted molar refractivity (Wildman–Crippen MR) is 85.8 cm³/mol. The summed E-state index contributed by atoms with van der Waals surface area (Å²) < 4.78 is 1.26. The SMILES string of the molecule is CC(NC1CC2CCCC(C1)N2C)c1sccc1Br. The van der Waals surface area contributed by atoms with Crippen molar-refractivity contribution in [1.29, 1.82) is 0 Å². The van der Waals surface area contributed by atoms with Gasteiger partial charge in [-0.2, -0.15) is 0 Å². The lowest BCUT2D eigenvalue weighted by Crippen LogP contribution is -2.54. The summed E-state index contributed by atoms with van der Waals surface area (Å²) >= 11 is 5.50. The van der Waals surface area contributed by atoms with Crippen LogP contribution in [0.3, 0.4) is 0 Å². The third-order valence-electron chi connectivity index (χ3n) is 4.86. The zero-order chi connectivity index (χ0) is 13.4. The molecule has 3 rings (SSSR count). The summed E-state index contributed by atoms with van der Waals surface area (Å²) in [5, 5.41) is 6.03. The fourth-order valence-electron chi connectivity index (χ4n) is 3.80. The van der Waals surface area contributed by atoms with Crippen molar-refractivity contribution in [1.82, 2.24) is 10.2 Å². The Morgan fingerprint density at radius 1 is 1.37 bits per heavy atom. The highest BCUT2D eigenvalue weighted by atomic mass is 79.9. The van der Waals surface area contributed by atoms with Crippen molar-refractivity contribution >= 4 is 27.3 Å². The van der Waals surface area contributed by atoms with Crippen LogP contribution in [0.5, 0.6) is 0 Å². The molecule has 2 fully saturated rings. The predicted octanol–water partition coefficient (Wildman–Crippen LogP) is 4.18. The van der Waals surface area contributed by atoms with E-state index in [0.29, 0.717) is 12.1 Å². The number of thiophene rings is 1. The molecule has 0 amide bonds. The number of nitrogens with zero attached hydrogens (tertiary/aromatic N) is 1. The molecule has 0 aliphatic carbocycles. The number of rotatable bonds is 3. The van der Waals surface area contributed by atoms with E-state index in [0.717, 1.165) is 12.1 Å². The molecular weight excluding hydrogens is 320 g/mol. The van der Waals surface area contributed by atoms with Gasteiger partial charge < -0.3 is 10.2 Å². The van der Waals surface area contributed by atoms with Gasteiger partial charge in [-0.15, -0.1) is 11.3 Å². The number of nitrogens with one attached hydrogen (secondary N) is 1.